The molecule has 0 aromatic carbocycles. The van der Waals surface area contributed by atoms with E-state index in [2.05, 4.69) is 37.4 Å². The standard InChI is InChI=1S/C16H31N3/c1-4-7-8-9-10-11-12-16(17-5-2)15-13-18-19(6-3)14-15/h13-14,16-17H,4-12H2,1-3H3. The number of rotatable bonds is 11. The lowest BCUT2D eigenvalue weighted by Gasteiger charge is -2.16. The highest BCUT2D eigenvalue weighted by Crippen LogP contribution is 2.20. The van der Waals surface area contributed by atoms with Crippen LogP contribution in [0.1, 0.15) is 77.3 Å². The molecule has 0 spiro atoms. The second-order valence-corrected chi connectivity index (χ2v) is 5.30. The molecular formula is C16H31N3. The Morgan fingerprint density at radius 1 is 1.11 bits per heavy atom. The lowest BCUT2D eigenvalue weighted by Crippen LogP contribution is -2.20. The van der Waals surface area contributed by atoms with E-state index in [1.54, 1.807) is 0 Å². The molecule has 1 heterocycles. The fourth-order valence-corrected chi connectivity index (χ4v) is 2.49. The molecule has 1 unspecified atom stereocenters. The Hall–Kier alpha value is -0.830. The van der Waals surface area contributed by atoms with E-state index >= 15 is 0 Å². The molecule has 0 aliphatic carbocycles. The molecule has 0 aliphatic heterocycles. The highest BCUT2D eigenvalue weighted by Gasteiger charge is 2.11. The first-order valence-corrected chi connectivity index (χ1v) is 8.07. The second kappa shape index (κ2) is 10.0. The van der Waals surface area contributed by atoms with Crippen LogP contribution in [0, 0.1) is 0 Å². The van der Waals surface area contributed by atoms with Crippen molar-refractivity contribution < 1.29 is 0 Å². The number of nitrogens with one attached hydrogen (secondary N) is 1. The van der Waals surface area contributed by atoms with Gasteiger partial charge in [0.25, 0.3) is 0 Å². The first kappa shape index (κ1) is 16.2. The van der Waals surface area contributed by atoms with Crippen LogP contribution in [0.4, 0.5) is 0 Å². The van der Waals surface area contributed by atoms with Crippen LogP contribution in [-0.4, -0.2) is 16.3 Å². The van der Waals surface area contributed by atoms with Gasteiger partial charge in [-0.1, -0.05) is 52.4 Å². The summed E-state index contributed by atoms with van der Waals surface area (Å²) in [6.45, 7) is 8.56. The highest BCUT2D eigenvalue weighted by molar-refractivity contribution is 5.10. The number of aromatic nitrogens is 2. The van der Waals surface area contributed by atoms with Gasteiger partial charge in [-0.15, -0.1) is 0 Å². The Balaban J connectivity index is 2.31. The van der Waals surface area contributed by atoms with Crippen molar-refractivity contribution in [2.24, 2.45) is 0 Å². The van der Waals surface area contributed by atoms with Crippen molar-refractivity contribution in [3.05, 3.63) is 18.0 Å². The minimum absolute atomic E-state index is 0.483. The summed E-state index contributed by atoms with van der Waals surface area (Å²) in [6.07, 6.45) is 13.6. The van der Waals surface area contributed by atoms with Gasteiger partial charge < -0.3 is 5.32 Å². The summed E-state index contributed by atoms with van der Waals surface area (Å²) in [6, 6.07) is 0.483. The summed E-state index contributed by atoms with van der Waals surface area (Å²) in [5.41, 5.74) is 1.34. The Kier molecular flexibility index (Phi) is 8.55. The van der Waals surface area contributed by atoms with Gasteiger partial charge in [0.1, 0.15) is 0 Å². The summed E-state index contributed by atoms with van der Waals surface area (Å²) in [4.78, 5) is 0. The van der Waals surface area contributed by atoms with Crippen molar-refractivity contribution >= 4 is 0 Å². The minimum Gasteiger partial charge on any atom is -0.310 e. The van der Waals surface area contributed by atoms with Crippen molar-refractivity contribution in [3.63, 3.8) is 0 Å². The molecule has 1 aromatic heterocycles. The fourth-order valence-electron chi connectivity index (χ4n) is 2.49. The van der Waals surface area contributed by atoms with Crippen molar-refractivity contribution in [1.29, 1.82) is 0 Å². The van der Waals surface area contributed by atoms with E-state index in [1.165, 1.54) is 50.5 Å². The van der Waals surface area contributed by atoms with Gasteiger partial charge in [0.05, 0.1) is 6.20 Å². The first-order valence-electron chi connectivity index (χ1n) is 8.07. The number of unbranched alkanes of at least 4 members (excludes halogenated alkanes) is 5. The summed E-state index contributed by atoms with van der Waals surface area (Å²) in [5.74, 6) is 0. The van der Waals surface area contributed by atoms with E-state index < -0.39 is 0 Å². The third-order valence-electron chi connectivity index (χ3n) is 3.68. The number of hydrogen-bond donors (Lipinski definition) is 1. The molecule has 3 nitrogen and oxygen atoms in total. The third kappa shape index (κ3) is 6.24. The molecule has 0 amide bonds. The largest absolute Gasteiger partial charge is 0.310 e. The van der Waals surface area contributed by atoms with Gasteiger partial charge in [0.2, 0.25) is 0 Å². The van der Waals surface area contributed by atoms with Crippen LogP contribution in [0.25, 0.3) is 0 Å². The van der Waals surface area contributed by atoms with Gasteiger partial charge in [-0.05, 0) is 19.9 Å². The van der Waals surface area contributed by atoms with Gasteiger partial charge in [-0.25, -0.2) is 0 Å². The Morgan fingerprint density at radius 3 is 2.47 bits per heavy atom. The summed E-state index contributed by atoms with van der Waals surface area (Å²) < 4.78 is 2.01. The first-order chi connectivity index (χ1) is 9.31. The van der Waals surface area contributed by atoms with Gasteiger partial charge in [0, 0.05) is 24.3 Å². The van der Waals surface area contributed by atoms with E-state index in [-0.39, 0.29) is 0 Å². The van der Waals surface area contributed by atoms with Crippen LogP contribution >= 0.6 is 0 Å². The van der Waals surface area contributed by atoms with Gasteiger partial charge in [-0.3, -0.25) is 4.68 Å². The van der Waals surface area contributed by atoms with Crippen LogP contribution < -0.4 is 5.32 Å². The molecule has 0 radical (unpaired) electrons. The zero-order valence-corrected chi connectivity index (χ0v) is 13.0. The predicted octanol–water partition coefficient (Wildman–Crippen LogP) is 4.30. The Morgan fingerprint density at radius 2 is 1.84 bits per heavy atom. The topological polar surface area (TPSA) is 29.9 Å². The highest BCUT2D eigenvalue weighted by atomic mass is 15.3. The molecule has 1 N–H and O–H groups in total. The summed E-state index contributed by atoms with van der Waals surface area (Å²) >= 11 is 0. The fraction of sp³-hybridized carbons (Fsp3) is 0.812. The van der Waals surface area contributed by atoms with Crippen molar-refractivity contribution in [2.75, 3.05) is 6.54 Å². The summed E-state index contributed by atoms with van der Waals surface area (Å²) in [7, 11) is 0. The van der Waals surface area contributed by atoms with Gasteiger partial charge >= 0.3 is 0 Å². The smallest absolute Gasteiger partial charge is 0.0537 e. The monoisotopic (exact) mass is 265 g/mol. The van der Waals surface area contributed by atoms with Gasteiger partial charge in [0.15, 0.2) is 0 Å². The number of hydrogen-bond acceptors (Lipinski definition) is 2. The van der Waals surface area contributed by atoms with Crippen molar-refractivity contribution in [2.45, 2.75) is 78.3 Å². The Bertz CT molecular complexity index is 320. The van der Waals surface area contributed by atoms with E-state index in [1.807, 2.05) is 10.9 Å². The van der Waals surface area contributed by atoms with Gasteiger partial charge in [-0.2, -0.15) is 5.10 Å². The summed E-state index contributed by atoms with van der Waals surface area (Å²) in [5, 5.41) is 7.97. The molecule has 1 atom stereocenters. The van der Waals surface area contributed by atoms with Crippen molar-refractivity contribution in [3.8, 4) is 0 Å². The van der Waals surface area contributed by atoms with Crippen LogP contribution in [0.2, 0.25) is 0 Å². The molecule has 0 saturated heterocycles. The normalized spacial score (nSPS) is 12.8. The number of nitrogens with zero attached hydrogens (tertiary/aromatic N) is 2. The zero-order valence-electron chi connectivity index (χ0n) is 13.0. The van der Waals surface area contributed by atoms with Crippen LogP contribution in [0.5, 0.6) is 0 Å². The molecule has 0 fully saturated rings. The Labute approximate surface area is 118 Å². The third-order valence-corrected chi connectivity index (χ3v) is 3.68. The predicted molar refractivity (Wildman–Crippen MR) is 82.3 cm³/mol. The molecule has 19 heavy (non-hydrogen) atoms. The molecule has 1 aromatic rings. The SMILES string of the molecule is CCCCCCCCC(NCC)c1cnn(CC)c1. The lowest BCUT2D eigenvalue weighted by molar-refractivity contribution is 0.476. The number of aryl methyl sites for hydroxylation is 1. The van der Waals surface area contributed by atoms with E-state index in [0.29, 0.717) is 6.04 Å². The zero-order chi connectivity index (χ0) is 13.9. The van der Waals surface area contributed by atoms with E-state index in [0.717, 1.165) is 13.1 Å². The van der Waals surface area contributed by atoms with Crippen LogP contribution in [0.15, 0.2) is 12.4 Å². The lowest BCUT2D eigenvalue weighted by atomic mass is 10.0. The molecule has 110 valence electrons. The maximum absolute atomic E-state index is 4.38. The molecule has 0 saturated carbocycles. The average molecular weight is 265 g/mol. The molecule has 3 heteroatoms. The molecule has 0 aliphatic rings. The molecule has 0 bridgehead atoms. The van der Waals surface area contributed by atoms with E-state index in [4.69, 9.17) is 0 Å². The average Bonchev–Trinajstić information content (AvgIpc) is 2.90. The quantitative estimate of drug-likeness (QED) is 0.604. The second-order valence-electron chi connectivity index (χ2n) is 5.30. The maximum atomic E-state index is 4.38. The molecule has 1 rings (SSSR count). The van der Waals surface area contributed by atoms with Crippen molar-refractivity contribution in [1.82, 2.24) is 15.1 Å². The maximum Gasteiger partial charge on any atom is 0.0537 e. The molecular weight excluding hydrogens is 234 g/mol. The van der Waals surface area contributed by atoms with Crippen LogP contribution in [0.3, 0.4) is 0 Å². The minimum atomic E-state index is 0.483. The van der Waals surface area contributed by atoms with Crippen LogP contribution in [-0.2, 0) is 6.54 Å². The van der Waals surface area contributed by atoms with E-state index in [9.17, 15) is 0 Å².